The van der Waals surface area contributed by atoms with Crippen LogP contribution in [0.25, 0.3) is 0 Å². The van der Waals surface area contributed by atoms with Gasteiger partial charge in [-0.15, -0.1) is 0 Å². The van der Waals surface area contributed by atoms with E-state index in [-0.39, 0.29) is 6.04 Å². The fourth-order valence-corrected chi connectivity index (χ4v) is 3.79. The normalized spacial score (nSPS) is 22.0. The molecule has 2 rings (SSSR count). The van der Waals surface area contributed by atoms with Crippen molar-refractivity contribution in [2.75, 3.05) is 19.8 Å². The zero-order valence-electron chi connectivity index (χ0n) is 10.8. The van der Waals surface area contributed by atoms with Crippen molar-refractivity contribution in [1.29, 1.82) is 0 Å². The molecule has 4 nitrogen and oxygen atoms in total. The highest BCUT2D eigenvalue weighted by Gasteiger charge is 2.32. The topological polar surface area (TPSA) is 46.6 Å². The number of nitrogens with zero attached hydrogens (tertiary/aromatic N) is 1. The summed E-state index contributed by atoms with van der Waals surface area (Å²) in [6.45, 7) is 5.33. The van der Waals surface area contributed by atoms with E-state index in [0.29, 0.717) is 24.7 Å². The molecular formula is C13H19NO3S. The maximum atomic E-state index is 12.5. The summed E-state index contributed by atoms with van der Waals surface area (Å²) in [5.74, 6) is 0. The molecule has 0 radical (unpaired) electrons. The second-order valence-electron chi connectivity index (χ2n) is 4.57. The molecule has 1 heterocycles. The van der Waals surface area contributed by atoms with E-state index in [0.717, 1.165) is 12.0 Å². The van der Waals surface area contributed by atoms with Gasteiger partial charge in [0.05, 0.1) is 18.1 Å². The van der Waals surface area contributed by atoms with Crippen molar-refractivity contribution in [3.05, 3.63) is 29.8 Å². The lowest BCUT2D eigenvalue weighted by Crippen LogP contribution is -2.48. The minimum atomic E-state index is -3.39. The second kappa shape index (κ2) is 5.38. The molecule has 0 bridgehead atoms. The van der Waals surface area contributed by atoms with Gasteiger partial charge in [0.15, 0.2) is 0 Å². The second-order valence-corrected chi connectivity index (χ2v) is 6.46. The lowest BCUT2D eigenvalue weighted by molar-refractivity contribution is 0.0314. The zero-order valence-corrected chi connectivity index (χ0v) is 11.6. The molecule has 0 aliphatic carbocycles. The van der Waals surface area contributed by atoms with Crippen LogP contribution in [0.2, 0.25) is 0 Å². The highest BCUT2D eigenvalue weighted by molar-refractivity contribution is 7.89. The third-order valence-corrected chi connectivity index (χ3v) is 5.24. The first-order valence-corrected chi connectivity index (χ1v) is 7.66. The van der Waals surface area contributed by atoms with E-state index in [4.69, 9.17) is 4.74 Å². The molecule has 0 amide bonds. The summed E-state index contributed by atoms with van der Waals surface area (Å²) in [6, 6.07) is 6.95. The first-order chi connectivity index (χ1) is 8.55. The molecule has 0 aromatic heterocycles. The third-order valence-electron chi connectivity index (χ3n) is 3.27. The zero-order chi connectivity index (χ0) is 13.2. The van der Waals surface area contributed by atoms with Gasteiger partial charge in [-0.05, 0) is 25.5 Å². The summed E-state index contributed by atoms with van der Waals surface area (Å²) >= 11 is 0. The molecule has 1 aromatic carbocycles. The third kappa shape index (κ3) is 2.58. The fraction of sp³-hybridized carbons (Fsp3) is 0.538. The van der Waals surface area contributed by atoms with Crippen LogP contribution in [0, 0.1) is 6.92 Å². The van der Waals surface area contributed by atoms with Crippen molar-refractivity contribution in [3.63, 3.8) is 0 Å². The molecule has 18 heavy (non-hydrogen) atoms. The Morgan fingerprint density at radius 3 is 2.61 bits per heavy atom. The van der Waals surface area contributed by atoms with Crippen molar-refractivity contribution in [2.45, 2.75) is 31.2 Å². The molecule has 1 aliphatic heterocycles. The predicted molar refractivity (Wildman–Crippen MR) is 70.0 cm³/mol. The Morgan fingerprint density at radius 1 is 1.33 bits per heavy atom. The van der Waals surface area contributed by atoms with E-state index in [9.17, 15) is 8.42 Å². The fourth-order valence-electron chi connectivity index (χ4n) is 2.12. The van der Waals surface area contributed by atoms with Gasteiger partial charge in [-0.3, -0.25) is 0 Å². The largest absolute Gasteiger partial charge is 0.378 e. The van der Waals surface area contributed by atoms with Crippen LogP contribution in [0.3, 0.4) is 0 Å². The summed E-state index contributed by atoms with van der Waals surface area (Å²) in [5.41, 5.74) is 1.06. The van der Waals surface area contributed by atoms with Gasteiger partial charge in [-0.2, -0.15) is 4.31 Å². The lowest BCUT2D eigenvalue weighted by Gasteiger charge is -2.33. The lowest BCUT2D eigenvalue weighted by atomic mass is 10.2. The number of sulfonamides is 1. The number of rotatable bonds is 3. The number of morpholine rings is 1. The van der Waals surface area contributed by atoms with Gasteiger partial charge in [0.25, 0.3) is 0 Å². The van der Waals surface area contributed by atoms with Crippen molar-refractivity contribution < 1.29 is 13.2 Å². The Kier molecular flexibility index (Phi) is 4.04. The van der Waals surface area contributed by atoms with Crippen molar-refractivity contribution in [1.82, 2.24) is 4.31 Å². The highest BCUT2D eigenvalue weighted by Crippen LogP contribution is 2.22. The standard InChI is InChI=1S/C13H19NO3S/c1-3-12-10-17-9-8-14(12)18(15,16)13-6-4-11(2)5-7-13/h4-7,12H,3,8-10H2,1-2H3. The Morgan fingerprint density at radius 2 is 2.00 bits per heavy atom. The summed E-state index contributed by atoms with van der Waals surface area (Å²) < 4.78 is 32.0. The maximum Gasteiger partial charge on any atom is 0.243 e. The molecule has 1 aromatic rings. The molecule has 1 aliphatic rings. The molecule has 1 atom stereocenters. The quantitative estimate of drug-likeness (QED) is 0.840. The van der Waals surface area contributed by atoms with Gasteiger partial charge in [-0.1, -0.05) is 24.6 Å². The van der Waals surface area contributed by atoms with Crippen molar-refractivity contribution >= 4 is 10.0 Å². The van der Waals surface area contributed by atoms with Crippen LogP contribution >= 0.6 is 0 Å². The summed E-state index contributed by atoms with van der Waals surface area (Å²) in [5, 5.41) is 0. The minimum Gasteiger partial charge on any atom is -0.378 e. The molecule has 0 N–H and O–H groups in total. The van der Waals surface area contributed by atoms with Gasteiger partial charge in [0.1, 0.15) is 0 Å². The Balaban J connectivity index is 2.32. The molecule has 1 saturated heterocycles. The van der Waals surface area contributed by atoms with Crippen LogP contribution in [0.4, 0.5) is 0 Å². The molecular weight excluding hydrogens is 250 g/mol. The molecule has 0 spiro atoms. The van der Waals surface area contributed by atoms with E-state index in [1.54, 1.807) is 16.4 Å². The predicted octanol–water partition coefficient (Wildman–Crippen LogP) is 1.79. The monoisotopic (exact) mass is 269 g/mol. The number of aryl methyl sites for hydroxylation is 1. The van der Waals surface area contributed by atoms with Crippen LogP contribution in [0.15, 0.2) is 29.2 Å². The number of hydrogen-bond acceptors (Lipinski definition) is 3. The van der Waals surface area contributed by atoms with Crippen molar-refractivity contribution in [3.8, 4) is 0 Å². The first-order valence-electron chi connectivity index (χ1n) is 6.22. The minimum absolute atomic E-state index is 0.0509. The number of benzene rings is 1. The van der Waals surface area contributed by atoms with Gasteiger partial charge < -0.3 is 4.74 Å². The van der Waals surface area contributed by atoms with Crippen LogP contribution in [0.5, 0.6) is 0 Å². The van der Waals surface area contributed by atoms with Crippen LogP contribution in [0.1, 0.15) is 18.9 Å². The number of hydrogen-bond donors (Lipinski definition) is 0. The van der Waals surface area contributed by atoms with E-state index >= 15 is 0 Å². The van der Waals surface area contributed by atoms with Crippen molar-refractivity contribution in [2.24, 2.45) is 0 Å². The average Bonchev–Trinajstić information content (AvgIpc) is 2.39. The average molecular weight is 269 g/mol. The van der Waals surface area contributed by atoms with Crippen LogP contribution in [-0.4, -0.2) is 38.5 Å². The smallest absolute Gasteiger partial charge is 0.243 e. The highest BCUT2D eigenvalue weighted by atomic mass is 32.2. The molecule has 0 saturated carbocycles. The Hall–Kier alpha value is -0.910. The molecule has 100 valence electrons. The summed E-state index contributed by atoms with van der Waals surface area (Å²) in [7, 11) is -3.39. The van der Waals surface area contributed by atoms with Crippen LogP contribution < -0.4 is 0 Å². The van der Waals surface area contributed by atoms with Gasteiger partial charge in [0.2, 0.25) is 10.0 Å². The summed E-state index contributed by atoms with van der Waals surface area (Å²) in [6.07, 6.45) is 0.769. The van der Waals surface area contributed by atoms with E-state index < -0.39 is 10.0 Å². The summed E-state index contributed by atoms with van der Waals surface area (Å²) in [4.78, 5) is 0.369. The maximum absolute atomic E-state index is 12.5. The van der Waals surface area contributed by atoms with E-state index in [2.05, 4.69) is 0 Å². The molecule has 1 unspecified atom stereocenters. The Labute approximate surface area is 109 Å². The molecule has 5 heteroatoms. The molecule has 1 fully saturated rings. The van der Waals surface area contributed by atoms with Gasteiger partial charge in [-0.25, -0.2) is 8.42 Å². The Bertz CT molecular complexity index is 495. The van der Waals surface area contributed by atoms with E-state index in [1.807, 2.05) is 26.0 Å². The van der Waals surface area contributed by atoms with Gasteiger partial charge in [0, 0.05) is 12.6 Å². The first kappa shape index (κ1) is 13.5. The SMILES string of the molecule is CCC1COCCN1S(=O)(=O)c1ccc(C)cc1. The van der Waals surface area contributed by atoms with Gasteiger partial charge >= 0.3 is 0 Å². The number of ether oxygens (including phenoxy) is 1. The van der Waals surface area contributed by atoms with E-state index in [1.165, 1.54) is 0 Å². The van der Waals surface area contributed by atoms with Crippen LogP contribution in [-0.2, 0) is 14.8 Å².